The predicted octanol–water partition coefficient (Wildman–Crippen LogP) is 3.54. The molecule has 0 aliphatic heterocycles. The normalized spacial score (nSPS) is 10.7. The molecule has 3 aromatic rings. The van der Waals surface area contributed by atoms with Crippen molar-refractivity contribution in [3.63, 3.8) is 0 Å². The second-order valence-electron chi connectivity index (χ2n) is 5.03. The van der Waals surface area contributed by atoms with Gasteiger partial charge in [0.15, 0.2) is 28.1 Å². The van der Waals surface area contributed by atoms with E-state index in [4.69, 9.17) is 13.9 Å². The molecule has 0 saturated carbocycles. The molecule has 130 valence electrons. The van der Waals surface area contributed by atoms with E-state index in [1.165, 1.54) is 11.8 Å². The van der Waals surface area contributed by atoms with Crippen molar-refractivity contribution < 1.29 is 18.7 Å². The van der Waals surface area contributed by atoms with Gasteiger partial charge < -0.3 is 18.5 Å². The number of methoxy groups -OCH3 is 2. The van der Waals surface area contributed by atoms with E-state index in [0.717, 1.165) is 5.56 Å². The number of rotatable bonds is 7. The van der Waals surface area contributed by atoms with Gasteiger partial charge in [0.2, 0.25) is 0 Å². The van der Waals surface area contributed by atoms with Gasteiger partial charge in [-0.15, -0.1) is 10.2 Å². The summed E-state index contributed by atoms with van der Waals surface area (Å²) in [4.78, 5) is 10.7. The summed E-state index contributed by atoms with van der Waals surface area (Å²) in [6.07, 6.45) is 0.669. The molecule has 0 unspecified atom stereocenters. The number of furan rings is 1. The molecule has 0 atom stereocenters. The fraction of sp³-hybridized carbons (Fsp3) is 0.235. The maximum absolute atomic E-state index is 10.7. The number of hydrogen-bond acceptors (Lipinski definition) is 7. The van der Waals surface area contributed by atoms with Gasteiger partial charge >= 0.3 is 0 Å². The number of carbonyl (C=O) groups is 1. The van der Waals surface area contributed by atoms with Crippen LogP contribution in [0.3, 0.4) is 0 Å². The first-order valence-electron chi connectivity index (χ1n) is 7.58. The van der Waals surface area contributed by atoms with Crippen molar-refractivity contribution in [2.45, 2.75) is 23.7 Å². The molecule has 0 aliphatic carbocycles. The first-order valence-corrected chi connectivity index (χ1v) is 8.39. The summed E-state index contributed by atoms with van der Waals surface area (Å²) in [5, 5.41) is 9.81. The molecule has 0 saturated heterocycles. The third kappa shape index (κ3) is 3.53. The van der Waals surface area contributed by atoms with Crippen LogP contribution in [0, 0.1) is 0 Å². The quantitative estimate of drug-likeness (QED) is 0.597. The minimum Gasteiger partial charge on any atom is -0.497 e. The van der Waals surface area contributed by atoms with E-state index in [1.807, 2.05) is 23.6 Å². The average molecular weight is 359 g/mol. The Morgan fingerprint density at radius 3 is 2.44 bits per heavy atom. The first kappa shape index (κ1) is 17.1. The molecule has 3 rings (SSSR count). The Kier molecular flexibility index (Phi) is 5.08. The molecule has 0 bridgehead atoms. The lowest BCUT2D eigenvalue weighted by Gasteiger charge is -2.10. The summed E-state index contributed by atoms with van der Waals surface area (Å²) < 4.78 is 18.0. The van der Waals surface area contributed by atoms with Crippen LogP contribution >= 0.6 is 11.8 Å². The molecule has 0 amide bonds. The topological polar surface area (TPSA) is 79.4 Å². The van der Waals surface area contributed by atoms with Crippen LogP contribution in [-0.2, 0) is 6.54 Å². The Balaban J connectivity index is 1.98. The lowest BCUT2D eigenvalue weighted by molar-refractivity contribution is 0.109. The molecule has 0 spiro atoms. The van der Waals surface area contributed by atoms with E-state index in [9.17, 15) is 4.79 Å². The average Bonchev–Trinajstić information content (AvgIpc) is 3.27. The fourth-order valence-electron chi connectivity index (χ4n) is 2.34. The number of hydrogen-bond donors (Lipinski definition) is 0. The second-order valence-corrected chi connectivity index (χ2v) is 6.00. The summed E-state index contributed by atoms with van der Waals surface area (Å²) in [5.41, 5.74) is 0.838. The van der Waals surface area contributed by atoms with Gasteiger partial charge in [-0.25, -0.2) is 0 Å². The smallest absolute Gasteiger partial charge is 0.199 e. The lowest BCUT2D eigenvalue weighted by Crippen LogP contribution is -2.00. The van der Waals surface area contributed by atoms with E-state index >= 15 is 0 Å². The number of benzene rings is 1. The highest BCUT2D eigenvalue weighted by molar-refractivity contribution is 7.99. The van der Waals surface area contributed by atoms with Crippen LogP contribution in [0.2, 0.25) is 0 Å². The zero-order valence-electron chi connectivity index (χ0n) is 14.1. The first-order chi connectivity index (χ1) is 12.2. The molecular formula is C17H17N3O4S. The largest absolute Gasteiger partial charge is 0.497 e. The summed E-state index contributed by atoms with van der Waals surface area (Å²) >= 11 is 1.31. The minimum absolute atomic E-state index is 0.280. The molecule has 25 heavy (non-hydrogen) atoms. The van der Waals surface area contributed by atoms with Crippen molar-refractivity contribution in [3.8, 4) is 22.9 Å². The van der Waals surface area contributed by atoms with Crippen LogP contribution in [0.25, 0.3) is 11.4 Å². The van der Waals surface area contributed by atoms with E-state index in [1.54, 1.807) is 32.4 Å². The van der Waals surface area contributed by atoms with Crippen molar-refractivity contribution in [1.82, 2.24) is 14.8 Å². The molecule has 8 heteroatoms. The van der Waals surface area contributed by atoms with Gasteiger partial charge in [0.25, 0.3) is 0 Å². The maximum atomic E-state index is 10.7. The predicted molar refractivity (Wildman–Crippen MR) is 92.5 cm³/mol. The summed E-state index contributed by atoms with van der Waals surface area (Å²) in [6, 6.07) is 8.91. The number of aldehydes is 1. The number of ether oxygens (including phenoxy) is 2. The lowest BCUT2D eigenvalue weighted by atomic mass is 10.2. The van der Waals surface area contributed by atoms with Crippen LogP contribution in [0.5, 0.6) is 11.5 Å². The van der Waals surface area contributed by atoms with Crippen molar-refractivity contribution in [2.75, 3.05) is 14.2 Å². The highest BCUT2D eigenvalue weighted by atomic mass is 32.2. The van der Waals surface area contributed by atoms with Gasteiger partial charge in [-0.1, -0.05) is 0 Å². The Morgan fingerprint density at radius 2 is 1.88 bits per heavy atom. The third-order valence-corrected chi connectivity index (χ3v) is 4.46. The molecule has 7 nitrogen and oxygen atoms in total. The van der Waals surface area contributed by atoms with Crippen molar-refractivity contribution in [3.05, 3.63) is 36.1 Å². The zero-order chi connectivity index (χ0) is 17.8. The molecule has 1 aromatic carbocycles. The van der Waals surface area contributed by atoms with Crippen molar-refractivity contribution >= 4 is 18.0 Å². The van der Waals surface area contributed by atoms with Crippen LogP contribution in [0.4, 0.5) is 0 Å². The highest BCUT2D eigenvalue weighted by Gasteiger charge is 2.17. The Bertz CT molecular complexity index is 866. The summed E-state index contributed by atoms with van der Waals surface area (Å²) in [7, 11) is 3.21. The molecule has 0 N–H and O–H groups in total. The Morgan fingerprint density at radius 1 is 1.16 bits per heavy atom. The standard InChI is InChI=1S/C17H17N3O4S/c1-4-20-16(11-7-13(22-2)9-14(8-11)23-3)18-19-17(20)25-15-6-5-12(10-21)24-15/h5-10H,4H2,1-3H3. The molecule has 0 aliphatic rings. The monoisotopic (exact) mass is 359 g/mol. The molecule has 2 heterocycles. The minimum atomic E-state index is 0.280. The number of aromatic nitrogens is 3. The van der Waals surface area contributed by atoms with E-state index < -0.39 is 0 Å². The van der Waals surface area contributed by atoms with Gasteiger partial charge in [0.05, 0.1) is 14.2 Å². The van der Waals surface area contributed by atoms with Gasteiger partial charge in [0, 0.05) is 18.2 Å². The van der Waals surface area contributed by atoms with Gasteiger partial charge in [-0.2, -0.15) is 0 Å². The second kappa shape index (κ2) is 7.43. The summed E-state index contributed by atoms with van der Waals surface area (Å²) in [6.45, 7) is 2.68. The van der Waals surface area contributed by atoms with Gasteiger partial charge in [-0.3, -0.25) is 4.79 Å². The molecule has 0 fully saturated rings. The van der Waals surface area contributed by atoms with E-state index in [0.29, 0.717) is 40.4 Å². The van der Waals surface area contributed by atoms with Crippen molar-refractivity contribution in [1.29, 1.82) is 0 Å². The Hall–Kier alpha value is -2.74. The fourth-order valence-corrected chi connectivity index (χ4v) is 3.20. The van der Waals surface area contributed by atoms with Crippen LogP contribution in [-0.4, -0.2) is 35.3 Å². The molecular weight excluding hydrogens is 342 g/mol. The van der Waals surface area contributed by atoms with Crippen molar-refractivity contribution in [2.24, 2.45) is 0 Å². The Labute approximate surface area is 149 Å². The maximum Gasteiger partial charge on any atom is 0.199 e. The van der Waals surface area contributed by atoms with Gasteiger partial charge in [0.1, 0.15) is 11.5 Å². The number of carbonyl (C=O) groups excluding carboxylic acids is 1. The van der Waals surface area contributed by atoms with Crippen LogP contribution < -0.4 is 9.47 Å². The van der Waals surface area contributed by atoms with Crippen LogP contribution in [0.15, 0.2) is 45.0 Å². The van der Waals surface area contributed by atoms with E-state index in [2.05, 4.69) is 10.2 Å². The number of nitrogens with zero attached hydrogens (tertiary/aromatic N) is 3. The summed E-state index contributed by atoms with van der Waals surface area (Å²) in [5.74, 6) is 2.33. The van der Waals surface area contributed by atoms with Gasteiger partial charge in [-0.05, 0) is 43.0 Å². The highest BCUT2D eigenvalue weighted by Crippen LogP contribution is 2.33. The SMILES string of the molecule is CCn1c(Sc2ccc(C=O)o2)nnc1-c1cc(OC)cc(OC)c1. The van der Waals surface area contributed by atoms with E-state index in [-0.39, 0.29) is 5.76 Å². The molecule has 0 radical (unpaired) electrons. The molecule has 2 aromatic heterocycles. The zero-order valence-corrected chi connectivity index (χ0v) is 14.9. The third-order valence-electron chi connectivity index (χ3n) is 3.55. The van der Waals surface area contributed by atoms with Crippen LogP contribution in [0.1, 0.15) is 17.5 Å².